The van der Waals surface area contributed by atoms with Gasteiger partial charge in [-0.3, -0.25) is 0 Å². The van der Waals surface area contributed by atoms with Crippen LogP contribution in [0.4, 0.5) is 0 Å². The Bertz CT molecular complexity index is 420. The average Bonchev–Trinajstić information content (AvgIpc) is 2.81. The van der Waals surface area contributed by atoms with Crippen molar-refractivity contribution in [3.63, 3.8) is 0 Å². The molecule has 0 N–H and O–H groups in total. The van der Waals surface area contributed by atoms with Crippen molar-refractivity contribution in [1.29, 1.82) is 0 Å². The van der Waals surface area contributed by atoms with E-state index < -0.39 is 0 Å². The highest BCUT2D eigenvalue weighted by Crippen LogP contribution is 2.22. The van der Waals surface area contributed by atoms with Crippen LogP contribution in [0, 0.1) is 0 Å². The van der Waals surface area contributed by atoms with Crippen molar-refractivity contribution in [1.82, 2.24) is 0 Å². The number of allylic oxidation sites excluding steroid dienone is 2. The summed E-state index contributed by atoms with van der Waals surface area (Å²) in [6, 6.07) is 3.89. The van der Waals surface area contributed by atoms with Crippen LogP contribution in [0.25, 0.3) is 6.08 Å². The Morgan fingerprint density at radius 3 is 2.72 bits per heavy atom. The second-order valence-corrected chi connectivity index (χ2v) is 6.66. The predicted molar refractivity (Wildman–Crippen MR) is 80.5 cm³/mol. The highest BCUT2D eigenvalue weighted by atomic mass is 35.5. The number of ether oxygens (including phenoxy) is 2. The minimum Gasteiger partial charge on any atom is -0.348 e. The van der Waals surface area contributed by atoms with Crippen molar-refractivity contribution in [2.75, 3.05) is 19.5 Å². The molecule has 98 valence electrons. The highest BCUT2D eigenvalue weighted by molar-refractivity contribution is 7.99. The smallest absolute Gasteiger partial charge is 0.177 e. The molecule has 0 radical (unpaired) electrons. The largest absolute Gasteiger partial charge is 0.348 e. The number of halogens is 1. The summed E-state index contributed by atoms with van der Waals surface area (Å²) in [5, 5.41) is 0.457. The van der Waals surface area contributed by atoms with Crippen molar-refractivity contribution >= 4 is 40.8 Å². The lowest BCUT2D eigenvalue weighted by atomic mass is 10.3. The maximum absolute atomic E-state index is 5.85. The zero-order chi connectivity index (χ0) is 12.8. The summed E-state index contributed by atoms with van der Waals surface area (Å²) in [5.41, 5.74) is 0. The first kappa shape index (κ1) is 14.2. The summed E-state index contributed by atoms with van der Waals surface area (Å²) < 4.78 is 11.9. The summed E-state index contributed by atoms with van der Waals surface area (Å²) in [4.78, 5) is 1.14. The number of thiophene rings is 1. The fourth-order valence-electron chi connectivity index (χ4n) is 1.47. The second-order valence-electron chi connectivity index (χ2n) is 3.78. The van der Waals surface area contributed by atoms with Crippen LogP contribution in [0.15, 0.2) is 30.4 Å². The van der Waals surface area contributed by atoms with Gasteiger partial charge >= 0.3 is 0 Å². The normalized spacial score (nSPS) is 25.2. The zero-order valence-electron chi connectivity index (χ0n) is 10.0. The summed E-state index contributed by atoms with van der Waals surface area (Å²) >= 11 is 9.18. The molecule has 0 spiro atoms. The first-order chi connectivity index (χ1) is 8.78. The van der Waals surface area contributed by atoms with Crippen LogP contribution in [0.2, 0.25) is 4.34 Å². The van der Waals surface area contributed by atoms with Crippen molar-refractivity contribution in [3.05, 3.63) is 39.6 Å². The van der Waals surface area contributed by atoms with E-state index in [9.17, 15) is 0 Å². The maximum atomic E-state index is 5.85. The SMILES string of the molecule is CSC1COC(/C=C/C=C/c2ccc(Cl)s2)OC1. The zero-order valence-corrected chi connectivity index (χ0v) is 12.4. The lowest BCUT2D eigenvalue weighted by Gasteiger charge is -2.26. The van der Waals surface area contributed by atoms with Crippen LogP contribution in [0.3, 0.4) is 0 Å². The van der Waals surface area contributed by atoms with Crippen molar-refractivity contribution in [2.45, 2.75) is 11.5 Å². The van der Waals surface area contributed by atoms with E-state index in [0.717, 1.165) is 22.4 Å². The van der Waals surface area contributed by atoms with Crippen LogP contribution < -0.4 is 0 Å². The molecule has 1 aromatic rings. The lowest BCUT2D eigenvalue weighted by molar-refractivity contribution is -0.146. The molecule has 0 atom stereocenters. The number of rotatable bonds is 4. The summed E-state index contributed by atoms with van der Waals surface area (Å²) in [6.07, 6.45) is 9.70. The molecule has 1 aromatic heterocycles. The van der Waals surface area contributed by atoms with E-state index in [0.29, 0.717) is 5.25 Å². The van der Waals surface area contributed by atoms with E-state index in [2.05, 4.69) is 6.26 Å². The minimum atomic E-state index is -0.218. The Balaban J connectivity index is 1.76. The molecule has 2 nitrogen and oxygen atoms in total. The van der Waals surface area contributed by atoms with E-state index in [4.69, 9.17) is 21.1 Å². The van der Waals surface area contributed by atoms with Crippen LogP contribution in [-0.2, 0) is 9.47 Å². The van der Waals surface area contributed by atoms with Gasteiger partial charge in [0.25, 0.3) is 0 Å². The van der Waals surface area contributed by atoms with Gasteiger partial charge in [0.2, 0.25) is 0 Å². The molecule has 0 unspecified atom stereocenters. The average molecular weight is 303 g/mol. The van der Waals surface area contributed by atoms with Gasteiger partial charge < -0.3 is 9.47 Å². The van der Waals surface area contributed by atoms with Gasteiger partial charge in [0, 0.05) is 4.88 Å². The fraction of sp³-hybridized carbons (Fsp3) is 0.385. The van der Waals surface area contributed by atoms with Gasteiger partial charge in [-0.25, -0.2) is 0 Å². The summed E-state index contributed by atoms with van der Waals surface area (Å²) in [7, 11) is 0. The van der Waals surface area contributed by atoms with Gasteiger partial charge in [0.15, 0.2) is 6.29 Å². The molecule has 1 saturated heterocycles. The molecule has 2 rings (SSSR count). The number of thioether (sulfide) groups is 1. The van der Waals surface area contributed by atoms with Gasteiger partial charge in [-0.15, -0.1) is 11.3 Å². The molecular weight excluding hydrogens is 288 g/mol. The van der Waals surface area contributed by atoms with Crippen molar-refractivity contribution < 1.29 is 9.47 Å². The van der Waals surface area contributed by atoms with Crippen LogP contribution in [0.5, 0.6) is 0 Å². The molecule has 0 bridgehead atoms. The van der Waals surface area contributed by atoms with E-state index in [1.807, 2.05) is 36.4 Å². The third kappa shape index (κ3) is 4.44. The van der Waals surface area contributed by atoms with Gasteiger partial charge in [0.05, 0.1) is 22.8 Å². The van der Waals surface area contributed by atoms with Crippen molar-refractivity contribution in [2.24, 2.45) is 0 Å². The Morgan fingerprint density at radius 2 is 2.11 bits per heavy atom. The lowest BCUT2D eigenvalue weighted by Crippen LogP contribution is -2.32. The second kappa shape index (κ2) is 7.36. The van der Waals surface area contributed by atoms with Crippen LogP contribution in [0.1, 0.15) is 4.88 Å². The molecule has 1 fully saturated rings. The van der Waals surface area contributed by atoms with Crippen molar-refractivity contribution in [3.8, 4) is 0 Å². The van der Waals surface area contributed by atoms with Gasteiger partial charge in [0.1, 0.15) is 0 Å². The van der Waals surface area contributed by atoms with E-state index in [1.54, 1.807) is 23.1 Å². The van der Waals surface area contributed by atoms with Gasteiger partial charge in [-0.2, -0.15) is 11.8 Å². The Labute approximate surface area is 121 Å². The number of hydrogen-bond acceptors (Lipinski definition) is 4. The molecular formula is C13H15ClO2S2. The molecule has 0 aromatic carbocycles. The maximum Gasteiger partial charge on any atom is 0.177 e. The van der Waals surface area contributed by atoms with E-state index in [-0.39, 0.29) is 6.29 Å². The molecule has 0 saturated carbocycles. The molecule has 18 heavy (non-hydrogen) atoms. The predicted octanol–water partition coefficient (Wildman–Crippen LogP) is 4.08. The summed E-state index contributed by atoms with van der Waals surface area (Å²) in [5.74, 6) is 0. The molecule has 1 aliphatic rings. The van der Waals surface area contributed by atoms with Gasteiger partial charge in [-0.1, -0.05) is 23.8 Å². The Kier molecular flexibility index (Phi) is 5.79. The van der Waals surface area contributed by atoms with Crippen LogP contribution >= 0.6 is 34.7 Å². The molecule has 0 amide bonds. The highest BCUT2D eigenvalue weighted by Gasteiger charge is 2.18. The number of hydrogen-bond donors (Lipinski definition) is 0. The standard InChI is InChI=1S/C13H15ClO2S2/c1-17-11-8-15-13(16-9-11)5-3-2-4-10-6-7-12(14)18-10/h2-7,11,13H,8-9H2,1H3/b4-2+,5-3+. The third-order valence-electron chi connectivity index (χ3n) is 2.46. The topological polar surface area (TPSA) is 18.5 Å². The Morgan fingerprint density at radius 1 is 1.33 bits per heavy atom. The molecule has 0 aliphatic carbocycles. The van der Waals surface area contributed by atoms with E-state index in [1.165, 1.54) is 0 Å². The molecule has 2 heterocycles. The van der Waals surface area contributed by atoms with E-state index >= 15 is 0 Å². The van der Waals surface area contributed by atoms with Crippen LogP contribution in [-0.4, -0.2) is 31.0 Å². The minimum absolute atomic E-state index is 0.218. The molecule has 1 aliphatic heterocycles. The summed E-state index contributed by atoms with van der Waals surface area (Å²) in [6.45, 7) is 1.50. The molecule has 5 heteroatoms. The first-order valence-electron chi connectivity index (χ1n) is 5.64. The monoisotopic (exact) mass is 302 g/mol. The fourth-order valence-corrected chi connectivity index (χ4v) is 2.87. The van der Waals surface area contributed by atoms with Gasteiger partial charge in [-0.05, 0) is 30.5 Å². The first-order valence-corrected chi connectivity index (χ1v) is 8.12. The Hall–Kier alpha value is -0.260. The quantitative estimate of drug-likeness (QED) is 0.781. The third-order valence-corrected chi connectivity index (χ3v) is 4.60.